The van der Waals surface area contributed by atoms with Crippen molar-refractivity contribution in [2.24, 2.45) is 5.92 Å². The van der Waals surface area contributed by atoms with E-state index in [2.05, 4.69) is 10.1 Å². The molecule has 1 saturated carbocycles. The molecule has 25 heavy (non-hydrogen) atoms. The van der Waals surface area contributed by atoms with Crippen molar-refractivity contribution in [1.82, 2.24) is 15.0 Å². The maximum atomic E-state index is 12.2. The lowest BCUT2D eigenvalue weighted by Gasteiger charge is -2.31. The van der Waals surface area contributed by atoms with Gasteiger partial charge in [0.05, 0.1) is 0 Å². The van der Waals surface area contributed by atoms with Crippen LogP contribution in [0.2, 0.25) is 0 Å². The highest BCUT2D eigenvalue weighted by molar-refractivity contribution is 5.92. The van der Waals surface area contributed by atoms with Crippen molar-refractivity contribution in [3.8, 4) is 0 Å². The Morgan fingerprint density at radius 2 is 2.04 bits per heavy atom. The number of carbonyl (C=O) groups is 1. The first-order valence-electron chi connectivity index (χ1n) is 9.38. The normalized spacial score (nSPS) is 21.7. The summed E-state index contributed by atoms with van der Waals surface area (Å²) >= 11 is 0. The smallest absolute Gasteiger partial charge is 0.249 e. The van der Waals surface area contributed by atoms with E-state index >= 15 is 0 Å². The van der Waals surface area contributed by atoms with Crippen LogP contribution >= 0.6 is 0 Å². The second-order valence-corrected chi connectivity index (χ2v) is 7.33. The molecule has 6 nitrogen and oxygen atoms in total. The van der Waals surface area contributed by atoms with Gasteiger partial charge in [-0.25, -0.2) is 0 Å². The van der Waals surface area contributed by atoms with Crippen molar-refractivity contribution < 1.29 is 14.1 Å². The maximum Gasteiger partial charge on any atom is 0.249 e. The molecule has 0 radical (unpaired) electrons. The Hall–Kier alpha value is -1.69. The standard InChI is InChI=1S/C19H29N3O3/c1-4-14(2)17(23)22-11-7-15(8-12-22)13-16-20-18(21-25-16)19(24-3)9-5-6-10-19/h4,15H,5-13H2,1-3H3/b14-4+. The Labute approximate surface area is 149 Å². The molecule has 0 bridgehead atoms. The van der Waals surface area contributed by atoms with E-state index in [0.29, 0.717) is 17.6 Å². The number of rotatable bonds is 5. The van der Waals surface area contributed by atoms with Crippen molar-refractivity contribution in [1.29, 1.82) is 0 Å². The monoisotopic (exact) mass is 347 g/mol. The lowest BCUT2D eigenvalue weighted by atomic mass is 9.93. The van der Waals surface area contributed by atoms with Crippen LogP contribution in [0.15, 0.2) is 16.2 Å². The van der Waals surface area contributed by atoms with Crippen LogP contribution in [0.5, 0.6) is 0 Å². The number of carbonyl (C=O) groups excluding carboxylic acids is 1. The first-order valence-corrected chi connectivity index (χ1v) is 9.38. The fraction of sp³-hybridized carbons (Fsp3) is 0.737. The minimum atomic E-state index is -0.346. The van der Waals surface area contributed by atoms with E-state index in [1.807, 2.05) is 24.8 Å². The Bertz CT molecular complexity index is 624. The van der Waals surface area contributed by atoms with E-state index in [4.69, 9.17) is 9.26 Å². The first-order chi connectivity index (χ1) is 12.1. The van der Waals surface area contributed by atoms with Crippen LogP contribution in [0, 0.1) is 5.92 Å². The molecular weight excluding hydrogens is 318 g/mol. The molecule has 0 spiro atoms. The number of hydrogen-bond donors (Lipinski definition) is 0. The van der Waals surface area contributed by atoms with Crippen molar-refractivity contribution in [2.45, 2.75) is 64.4 Å². The summed E-state index contributed by atoms with van der Waals surface area (Å²) in [5.74, 6) is 2.06. The second-order valence-electron chi connectivity index (χ2n) is 7.33. The number of aromatic nitrogens is 2. The molecule has 0 unspecified atom stereocenters. The SMILES string of the molecule is C/C=C(\C)C(=O)N1CCC(Cc2nc(C3(OC)CCCC3)no2)CC1. The molecule has 0 aromatic carbocycles. The average Bonchev–Trinajstić information content (AvgIpc) is 3.31. The molecule has 1 aliphatic heterocycles. The highest BCUT2D eigenvalue weighted by Gasteiger charge is 2.40. The topological polar surface area (TPSA) is 68.5 Å². The zero-order valence-electron chi connectivity index (χ0n) is 15.6. The fourth-order valence-corrected chi connectivity index (χ4v) is 3.95. The van der Waals surface area contributed by atoms with Crippen LogP contribution in [-0.4, -0.2) is 41.1 Å². The van der Waals surface area contributed by atoms with Crippen molar-refractivity contribution in [2.75, 3.05) is 20.2 Å². The Balaban J connectivity index is 1.56. The summed E-state index contributed by atoms with van der Waals surface area (Å²) in [6.45, 7) is 5.39. The molecule has 1 amide bonds. The third kappa shape index (κ3) is 3.78. The Kier molecular flexibility index (Phi) is 5.57. The van der Waals surface area contributed by atoms with Crippen LogP contribution in [-0.2, 0) is 21.6 Å². The van der Waals surface area contributed by atoms with Gasteiger partial charge in [0.2, 0.25) is 17.6 Å². The van der Waals surface area contributed by atoms with Crippen LogP contribution in [0.25, 0.3) is 0 Å². The summed E-state index contributed by atoms with van der Waals surface area (Å²) in [5.41, 5.74) is 0.475. The number of amides is 1. The number of ether oxygens (including phenoxy) is 1. The predicted octanol–water partition coefficient (Wildman–Crippen LogP) is 3.23. The highest BCUT2D eigenvalue weighted by atomic mass is 16.5. The van der Waals surface area contributed by atoms with Crippen LogP contribution in [0.3, 0.4) is 0 Å². The van der Waals surface area contributed by atoms with E-state index in [1.54, 1.807) is 7.11 Å². The molecule has 0 N–H and O–H groups in total. The molecule has 6 heteroatoms. The maximum absolute atomic E-state index is 12.2. The molecule has 2 heterocycles. The summed E-state index contributed by atoms with van der Waals surface area (Å²) in [6.07, 6.45) is 8.86. The quantitative estimate of drug-likeness (QED) is 0.765. The average molecular weight is 347 g/mol. The van der Waals surface area contributed by atoms with Gasteiger partial charge in [-0.2, -0.15) is 4.98 Å². The summed E-state index contributed by atoms with van der Waals surface area (Å²) in [4.78, 5) is 18.8. The molecule has 2 aliphatic rings. The number of nitrogens with zero attached hydrogens (tertiary/aromatic N) is 3. The number of piperidine rings is 1. The third-order valence-corrected chi connectivity index (χ3v) is 5.81. The van der Waals surface area contributed by atoms with Gasteiger partial charge in [0, 0.05) is 32.2 Å². The van der Waals surface area contributed by atoms with Gasteiger partial charge < -0.3 is 14.2 Å². The largest absolute Gasteiger partial charge is 0.370 e. The third-order valence-electron chi connectivity index (χ3n) is 5.81. The summed E-state index contributed by atoms with van der Waals surface area (Å²) in [5, 5.41) is 4.20. The molecule has 3 rings (SSSR count). The predicted molar refractivity (Wildman–Crippen MR) is 93.9 cm³/mol. The van der Waals surface area contributed by atoms with Crippen molar-refractivity contribution in [3.63, 3.8) is 0 Å². The number of likely N-dealkylation sites (tertiary alicyclic amines) is 1. The Morgan fingerprint density at radius 3 is 2.64 bits per heavy atom. The van der Waals surface area contributed by atoms with Gasteiger partial charge in [-0.05, 0) is 58.3 Å². The van der Waals surface area contributed by atoms with Gasteiger partial charge in [0.1, 0.15) is 5.60 Å². The summed E-state index contributed by atoms with van der Waals surface area (Å²) < 4.78 is 11.2. The van der Waals surface area contributed by atoms with E-state index in [9.17, 15) is 4.79 Å². The minimum Gasteiger partial charge on any atom is -0.370 e. The molecule has 138 valence electrons. The molecular formula is C19H29N3O3. The van der Waals surface area contributed by atoms with E-state index in [-0.39, 0.29) is 11.5 Å². The minimum absolute atomic E-state index is 0.157. The summed E-state index contributed by atoms with van der Waals surface area (Å²) in [7, 11) is 1.74. The molecule has 1 aliphatic carbocycles. The van der Waals surface area contributed by atoms with Crippen molar-refractivity contribution >= 4 is 5.91 Å². The number of hydrogen-bond acceptors (Lipinski definition) is 5. The van der Waals surface area contributed by atoms with E-state index < -0.39 is 0 Å². The van der Waals surface area contributed by atoms with Gasteiger partial charge in [-0.1, -0.05) is 11.2 Å². The first kappa shape index (κ1) is 18.1. The van der Waals surface area contributed by atoms with Gasteiger partial charge >= 0.3 is 0 Å². The van der Waals surface area contributed by atoms with Gasteiger partial charge in [-0.3, -0.25) is 4.79 Å². The number of allylic oxidation sites excluding steroid dienone is 1. The zero-order chi connectivity index (χ0) is 17.9. The van der Waals surface area contributed by atoms with Gasteiger partial charge in [0.25, 0.3) is 0 Å². The zero-order valence-corrected chi connectivity index (χ0v) is 15.6. The van der Waals surface area contributed by atoms with Gasteiger partial charge in [0.15, 0.2) is 0 Å². The molecule has 1 aromatic heterocycles. The van der Waals surface area contributed by atoms with Crippen LogP contribution < -0.4 is 0 Å². The lowest BCUT2D eigenvalue weighted by Crippen LogP contribution is -2.39. The van der Waals surface area contributed by atoms with Crippen LogP contribution in [0.1, 0.15) is 64.1 Å². The van der Waals surface area contributed by atoms with Crippen molar-refractivity contribution in [3.05, 3.63) is 23.4 Å². The molecule has 1 saturated heterocycles. The molecule has 1 aromatic rings. The number of methoxy groups -OCH3 is 1. The van der Waals surface area contributed by atoms with E-state index in [1.165, 1.54) is 0 Å². The fourth-order valence-electron chi connectivity index (χ4n) is 3.95. The van der Waals surface area contributed by atoms with E-state index in [0.717, 1.165) is 63.6 Å². The van der Waals surface area contributed by atoms with Gasteiger partial charge in [-0.15, -0.1) is 0 Å². The highest BCUT2D eigenvalue weighted by Crippen LogP contribution is 2.40. The summed E-state index contributed by atoms with van der Waals surface area (Å²) in [6, 6.07) is 0. The molecule has 2 fully saturated rings. The lowest BCUT2D eigenvalue weighted by molar-refractivity contribution is -0.128. The Morgan fingerprint density at radius 1 is 1.36 bits per heavy atom. The van der Waals surface area contributed by atoms with Crippen LogP contribution in [0.4, 0.5) is 0 Å². The second kappa shape index (κ2) is 7.68. The molecule has 0 atom stereocenters.